The van der Waals surface area contributed by atoms with E-state index in [9.17, 15) is 18.0 Å². The van der Waals surface area contributed by atoms with Gasteiger partial charge in [-0.1, -0.05) is 54.6 Å². The fourth-order valence-corrected chi connectivity index (χ4v) is 4.80. The van der Waals surface area contributed by atoms with Gasteiger partial charge in [0.25, 0.3) is 0 Å². The summed E-state index contributed by atoms with van der Waals surface area (Å²) in [4.78, 5) is 15.9. The van der Waals surface area contributed by atoms with Crippen LogP contribution in [-0.2, 0) is 42.2 Å². The van der Waals surface area contributed by atoms with E-state index >= 15 is 0 Å². The van der Waals surface area contributed by atoms with Crippen molar-refractivity contribution in [2.24, 2.45) is 7.05 Å². The number of pyridine rings is 1. The first-order valence-corrected chi connectivity index (χ1v) is 12.7. The van der Waals surface area contributed by atoms with Crippen LogP contribution in [0.15, 0.2) is 91.1 Å². The SMILES string of the molecule is COC(=O)Cc1ccc(COc2ccc(-c3c(Cc4ccccc4)cnc4c(C(F)(F)F)cccc34)cc2)n1C. The fourth-order valence-electron chi connectivity index (χ4n) is 4.80. The molecule has 2 aromatic heterocycles. The highest BCUT2D eigenvalue weighted by molar-refractivity contribution is 5.98. The van der Waals surface area contributed by atoms with Gasteiger partial charge in [0.05, 0.1) is 30.3 Å². The summed E-state index contributed by atoms with van der Waals surface area (Å²) in [6.07, 6.45) is -2.28. The molecule has 40 heavy (non-hydrogen) atoms. The van der Waals surface area contributed by atoms with Crippen molar-refractivity contribution in [3.05, 3.63) is 119 Å². The van der Waals surface area contributed by atoms with Crippen molar-refractivity contribution in [3.63, 3.8) is 0 Å². The molecule has 0 unspecified atom stereocenters. The molecule has 2 heterocycles. The van der Waals surface area contributed by atoms with Crippen molar-refractivity contribution in [1.29, 1.82) is 0 Å². The van der Waals surface area contributed by atoms with Crippen LogP contribution >= 0.6 is 0 Å². The number of carbonyl (C=O) groups is 1. The molecule has 0 bridgehead atoms. The van der Waals surface area contributed by atoms with Crippen LogP contribution in [0.2, 0.25) is 0 Å². The third-order valence-electron chi connectivity index (χ3n) is 6.93. The molecule has 0 aliphatic carbocycles. The van der Waals surface area contributed by atoms with Gasteiger partial charge in [0.1, 0.15) is 12.4 Å². The Hall–Kier alpha value is -4.59. The number of aromatic nitrogens is 2. The van der Waals surface area contributed by atoms with E-state index in [0.717, 1.165) is 34.1 Å². The maximum atomic E-state index is 13.8. The Bertz CT molecular complexity index is 1640. The second kappa shape index (κ2) is 11.3. The number of fused-ring (bicyclic) bond motifs is 1. The summed E-state index contributed by atoms with van der Waals surface area (Å²) in [6.45, 7) is 0.281. The van der Waals surface area contributed by atoms with Crippen LogP contribution in [0, 0.1) is 0 Å². The standard InChI is InChI=1S/C32H27F3N2O3/c1-37-24(18-29(38)39-2)13-14-25(37)20-40-26-15-11-22(12-16-26)30-23(17-21-7-4-3-5-8-21)19-36-31-27(30)9-6-10-28(31)32(33,34)35/h3-16,19H,17-18,20H2,1-2H3. The topological polar surface area (TPSA) is 53.4 Å². The molecule has 0 spiro atoms. The average molecular weight is 545 g/mol. The van der Waals surface area contributed by atoms with Gasteiger partial charge >= 0.3 is 12.1 Å². The van der Waals surface area contributed by atoms with Gasteiger partial charge in [0.2, 0.25) is 0 Å². The maximum Gasteiger partial charge on any atom is 0.418 e. The van der Waals surface area contributed by atoms with Crippen LogP contribution in [-0.4, -0.2) is 22.6 Å². The summed E-state index contributed by atoms with van der Waals surface area (Å²) in [5.74, 6) is 0.292. The maximum absolute atomic E-state index is 13.8. The number of halogens is 3. The lowest BCUT2D eigenvalue weighted by atomic mass is 9.92. The van der Waals surface area contributed by atoms with Gasteiger partial charge in [0.15, 0.2) is 0 Å². The highest BCUT2D eigenvalue weighted by Gasteiger charge is 2.33. The molecule has 5 nitrogen and oxygen atoms in total. The van der Waals surface area contributed by atoms with E-state index in [-0.39, 0.29) is 24.5 Å². The van der Waals surface area contributed by atoms with Gasteiger partial charge in [-0.05, 0) is 59.0 Å². The van der Waals surface area contributed by atoms with Gasteiger partial charge in [-0.3, -0.25) is 9.78 Å². The van der Waals surface area contributed by atoms with Crippen molar-refractivity contribution in [2.75, 3.05) is 7.11 Å². The summed E-state index contributed by atoms with van der Waals surface area (Å²) in [7, 11) is 3.21. The normalized spacial score (nSPS) is 11.5. The zero-order valence-electron chi connectivity index (χ0n) is 22.0. The lowest BCUT2D eigenvalue weighted by Crippen LogP contribution is -2.10. The number of ether oxygens (including phenoxy) is 2. The number of alkyl halides is 3. The van der Waals surface area contributed by atoms with Crippen LogP contribution in [0.3, 0.4) is 0 Å². The van der Waals surface area contributed by atoms with Crippen LogP contribution in [0.25, 0.3) is 22.0 Å². The number of benzene rings is 3. The van der Waals surface area contributed by atoms with Gasteiger partial charge in [-0.2, -0.15) is 13.2 Å². The van der Waals surface area contributed by atoms with E-state index in [1.54, 1.807) is 24.4 Å². The van der Waals surface area contributed by atoms with E-state index < -0.39 is 11.7 Å². The molecule has 5 rings (SSSR count). The molecule has 0 saturated heterocycles. The number of nitrogens with zero attached hydrogens (tertiary/aromatic N) is 2. The van der Waals surface area contributed by atoms with Gasteiger partial charge in [0, 0.05) is 24.3 Å². The Balaban J connectivity index is 1.46. The Labute approximate surface area is 229 Å². The van der Waals surface area contributed by atoms with Crippen molar-refractivity contribution in [2.45, 2.75) is 25.6 Å². The Morgan fingerprint density at radius 1 is 0.900 bits per heavy atom. The third-order valence-corrected chi connectivity index (χ3v) is 6.93. The molecule has 0 radical (unpaired) electrons. The number of methoxy groups -OCH3 is 1. The number of rotatable bonds is 8. The molecular weight excluding hydrogens is 517 g/mol. The zero-order chi connectivity index (χ0) is 28.3. The van der Waals surface area contributed by atoms with Gasteiger partial charge in [-0.15, -0.1) is 0 Å². The molecule has 0 fully saturated rings. The Kier molecular flexibility index (Phi) is 7.60. The number of hydrogen-bond acceptors (Lipinski definition) is 4. The fraction of sp³-hybridized carbons (Fsp3) is 0.188. The number of para-hydroxylation sites is 1. The first-order chi connectivity index (χ1) is 19.2. The largest absolute Gasteiger partial charge is 0.487 e. The zero-order valence-corrected chi connectivity index (χ0v) is 22.0. The lowest BCUT2D eigenvalue weighted by molar-refractivity contribution is -0.140. The van der Waals surface area contributed by atoms with Crippen molar-refractivity contribution in [3.8, 4) is 16.9 Å². The predicted molar refractivity (Wildman–Crippen MR) is 147 cm³/mol. The smallest absolute Gasteiger partial charge is 0.418 e. The minimum absolute atomic E-state index is 0.0754. The minimum Gasteiger partial charge on any atom is -0.487 e. The minimum atomic E-state index is -4.52. The van der Waals surface area contributed by atoms with Crippen LogP contribution in [0.1, 0.15) is 28.1 Å². The summed E-state index contributed by atoms with van der Waals surface area (Å²) in [6, 6.07) is 25.0. The molecule has 3 aromatic carbocycles. The second-order valence-corrected chi connectivity index (χ2v) is 9.46. The summed E-state index contributed by atoms with van der Waals surface area (Å²) < 4.78 is 54.0. The summed E-state index contributed by atoms with van der Waals surface area (Å²) in [5.41, 5.74) is 4.20. The first kappa shape index (κ1) is 27.0. The number of carbonyl (C=O) groups excluding carboxylic acids is 1. The summed E-state index contributed by atoms with van der Waals surface area (Å²) >= 11 is 0. The first-order valence-electron chi connectivity index (χ1n) is 12.7. The van der Waals surface area contributed by atoms with Crippen LogP contribution < -0.4 is 4.74 Å². The molecule has 0 atom stereocenters. The van der Waals surface area contributed by atoms with E-state index in [2.05, 4.69) is 4.98 Å². The van der Waals surface area contributed by atoms with E-state index in [1.165, 1.54) is 13.2 Å². The number of hydrogen-bond donors (Lipinski definition) is 0. The quantitative estimate of drug-likeness (QED) is 0.195. The highest BCUT2D eigenvalue weighted by atomic mass is 19.4. The number of esters is 1. The lowest BCUT2D eigenvalue weighted by Gasteiger charge is -2.17. The van der Waals surface area contributed by atoms with Crippen molar-refractivity contribution < 1.29 is 27.4 Å². The van der Waals surface area contributed by atoms with Crippen molar-refractivity contribution >= 4 is 16.9 Å². The van der Waals surface area contributed by atoms with E-state index in [1.807, 2.05) is 66.2 Å². The van der Waals surface area contributed by atoms with Crippen LogP contribution in [0.4, 0.5) is 13.2 Å². The van der Waals surface area contributed by atoms with E-state index in [4.69, 9.17) is 9.47 Å². The molecule has 0 N–H and O–H groups in total. The molecule has 0 saturated carbocycles. The van der Waals surface area contributed by atoms with E-state index in [0.29, 0.717) is 23.1 Å². The molecule has 204 valence electrons. The van der Waals surface area contributed by atoms with Crippen LogP contribution in [0.5, 0.6) is 5.75 Å². The Morgan fingerprint density at radius 2 is 1.62 bits per heavy atom. The molecule has 8 heteroatoms. The van der Waals surface area contributed by atoms with Crippen molar-refractivity contribution in [1.82, 2.24) is 9.55 Å². The molecule has 5 aromatic rings. The average Bonchev–Trinajstić information content (AvgIpc) is 3.30. The molecular formula is C32H27F3N2O3. The molecule has 0 amide bonds. The van der Waals surface area contributed by atoms with Gasteiger partial charge < -0.3 is 14.0 Å². The second-order valence-electron chi connectivity index (χ2n) is 9.46. The third kappa shape index (κ3) is 5.71. The van der Waals surface area contributed by atoms with Gasteiger partial charge in [-0.25, -0.2) is 0 Å². The highest BCUT2D eigenvalue weighted by Crippen LogP contribution is 2.39. The summed E-state index contributed by atoms with van der Waals surface area (Å²) in [5, 5.41) is 0.443. The predicted octanol–water partition coefficient (Wildman–Crippen LogP) is 7.14. The molecule has 0 aliphatic heterocycles. The Morgan fingerprint density at radius 3 is 2.33 bits per heavy atom. The molecule has 0 aliphatic rings. The monoisotopic (exact) mass is 544 g/mol.